The molecule has 19 heavy (non-hydrogen) atoms. The predicted octanol–water partition coefficient (Wildman–Crippen LogP) is 3.94. The maximum atomic E-state index is 13.6. The average molecular weight is 283 g/mol. The summed E-state index contributed by atoms with van der Waals surface area (Å²) in [5.41, 5.74) is 1.05. The normalized spacial score (nSPS) is 12.4. The molecule has 0 aliphatic heterocycles. The van der Waals surface area contributed by atoms with E-state index in [4.69, 9.17) is 11.6 Å². The number of hydrogen-bond acceptors (Lipinski definition) is 1. The highest BCUT2D eigenvalue weighted by Gasteiger charge is 2.14. The Bertz CT molecular complexity index is 572. The Morgan fingerprint density at radius 2 is 1.89 bits per heavy atom. The molecule has 0 aliphatic rings. The second-order valence-electron chi connectivity index (χ2n) is 4.37. The molecule has 1 nitrogen and oxygen atoms in total. The van der Waals surface area contributed by atoms with Gasteiger partial charge >= 0.3 is 0 Å². The van der Waals surface area contributed by atoms with Gasteiger partial charge in [0.05, 0.1) is 6.61 Å². The Balaban J connectivity index is 2.26. The molecule has 2 aromatic carbocycles. The van der Waals surface area contributed by atoms with Gasteiger partial charge in [-0.3, -0.25) is 0 Å². The Morgan fingerprint density at radius 3 is 2.58 bits per heavy atom. The minimum absolute atomic E-state index is 0.185. The quantitative estimate of drug-likeness (QED) is 0.901. The number of hydrogen-bond donors (Lipinski definition) is 1. The van der Waals surface area contributed by atoms with Crippen LogP contribution in [0.3, 0.4) is 0 Å². The topological polar surface area (TPSA) is 20.2 Å². The van der Waals surface area contributed by atoms with Crippen molar-refractivity contribution >= 4 is 11.6 Å². The molecular weight excluding hydrogens is 270 g/mol. The SMILES string of the molecule is OCC(Cc1cc(Cl)ccc1F)c1cccc(F)c1. The summed E-state index contributed by atoms with van der Waals surface area (Å²) in [4.78, 5) is 0. The van der Waals surface area contributed by atoms with Crippen LogP contribution in [0, 0.1) is 11.6 Å². The first-order valence-corrected chi connectivity index (χ1v) is 6.28. The Morgan fingerprint density at radius 1 is 1.11 bits per heavy atom. The largest absolute Gasteiger partial charge is 0.396 e. The molecule has 0 amide bonds. The highest BCUT2D eigenvalue weighted by Crippen LogP contribution is 2.24. The van der Waals surface area contributed by atoms with E-state index in [-0.39, 0.29) is 30.6 Å². The molecule has 2 rings (SSSR count). The van der Waals surface area contributed by atoms with Crippen molar-refractivity contribution < 1.29 is 13.9 Å². The van der Waals surface area contributed by atoms with Crippen LogP contribution < -0.4 is 0 Å². The van der Waals surface area contributed by atoms with E-state index in [1.807, 2.05) is 0 Å². The van der Waals surface area contributed by atoms with Crippen molar-refractivity contribution in [3.63, 3.8) is 0 Å². The van der Waals surface area contributed by atoms with Gasteiger partial charge in [-0.2, -0.15) is 0 Å². The summed E-state index contributed by atoms with van der Waals surface area (Å²) in [6, 6.07) is 10.3. The molecule has 0 fully saturated rings. The number of rotatable bonds is 4. The summed E-state index contributed by atoms with van der Waals surface area (Å²) in [5.74, 6) is -1.11. The summed E-state index contributed by atoms with van der Waals surface area (Å²) >= 11 is 5.83. The lowest BCUT2D eigenvalue weighted by molar-refractivity contribution is 0.263. The summed E-state index contributed by atoms with van der Waals surface area (Å²) in [5, 5.41) is 9.85. The minimum atomic E-state index is -0.376. The smallest absolute Gasteiger partial charge is 0.126 e. The van der Waals surface area contributed by atoms with E-state index in [0.717, 1.165) is 0 Å². The number of aliphatic hydroxyl groups is 1. The first-order valence-electron chi connectivity index (χ1n) is 5.90. The van der Waals surface area contributed by atoms with Crippen LogP contribution >= 0.6 is 11.6 Å². The number of benzene rings is 2. The van der Waals surface area contributed by atoms with Gasteiger partial charge in [-0.05, 0) is 47.9 Å². The van der Waals surface area contributed by atoms with Crippen LogP contribution in [0.15, 0.2) is 42.5 Å². The molecule has 0 saturated carbocycles. The number of halogens is 3. The molecule has 0 aromatic heterocycles. The molecule has 0 heterocycles. The maximum absolute atomic E-state index is 13.6. The lowest BCUT2D eigenvalue weighted by Gasteiger charge is -2.15. The molecule has 0 spiro atoms. The standard InChI is InChI=1S/C15H13ClF2O/c16-13-4-5-15(18)11(7-13)6-12(9-19)10-2-1-3-14(17)8-10/h1-5,7-8,12,19H,6,9H2. The van der Waals surface area contributed by atoms with E-state index in [0.29, 0.717) is 16.1 Å². The fraction of sp³-hybridized carbons (Fsp3) is 0.200. The van der Waals surface area contributed by atoms with Crippen LogP contribution in [-0.2, 0) is 6.42 Å². The Hall–Kier alpha value is -1.45. The second-order valence-corrected chi connectivity index (χ2v) is 4.81. The van der Waals surface area contributed by atoms with Crippen molar-refractivity contribution in [2.24, 2.45) is 0 Å². The van der Waals surface area contributed by atoms with Crippen LogP contribution in [0.2, 0.25) is 5.02 Å². The summed E-state index contributed by atoms with van der Waals surface area (Å²) in [7, 11) is 0. The molecule has 1 atom stereocenters. The molecule has 4 heteroatoms. The van der Waals surface area contributed by atoms with Gasteiger partial charge in [0, 0.05) is 10.9 Å². The van der Waals surface area contributed by atoms with Gasteiger partial charge in [0.25, 0.3) is 0 Å². The van der Waals surface area contributed by atoms with E-state index in [1.165, 1.54) is 30.3 Å². The van der Waals surface area contributed by atoms with Crippen LogP contribution in [0.1, 0.15) is 17.0 Å². The van der Waals surface area contributed by atoms with E-state index in [2.05, 4.69) is 0 Å². The predicted molar refractivity (Wildman–Crippen MR) is 71.3 cm³/mol. The van der Waals surface area contributed by atoms with Crippen LogP contribution in [0.5, 0.6) is 0 Å². The van der Waals surface area contributed by atoms with Gasteiger partial charge in [0.1, 0.15) is 11.6 Å². The summed E-state index contributed by atoms with van der Waals surface area (Å²) in [6.07, 6.45) is 0.270. The van der Waals surface area contributed by atoms with Crippen molar-refractivity contribution in [3.8, 4) is 0 Å². The molecule has 100 valence electrons. The van der Waals surface area contributed by atoms with Gasteiger partial charge < -0.3 is 5.11 Å². The fourth-order valence-corrected chi connectivity index (χ4v) is 2.21. The summed E-state index contributed by atoms with van der Waals surface area (Å²) < 4.78 is 26.8. The van der Waals surface area contributed by atoms with Crippen molar-refractivity contribution in [3.05, 3.63) is 70.2 Å². The Labute approximate surface area is 115 Å². The van der Waals surface area contributed by atoms with Crippen LogP contribution in [0.25, 0.3) is 0 Å². The fourth-order valence-electron chi connectivity index (χ4n) is 2.01. The highest BCUT2D eigenvalue weighted by molar-refractivity contribution is 6.30. The van der Waals surface area contributed by atoms with Gasteiger partial charge in [0.15, 0.2) is 0 Å². The molecule has 0 radical (unpaired) electrons. The zero-order valence-corrected chi connectivity index (χ0v) is 10.9. The minimum Gasteiger partial charge on any atom is -0.396 e. The zero-order chi connectivity index (χ0) is 13.8. The monoisotopic (exact) mass is 282 g/mol. The van der Waals surface area contributed by atoms with Crippen LogP contribution in [-0.4, -0.2) is 11.7 Å². The Kier molecular flexibility index (Phi) is 4.51. The third-order valence-electron chi connectivity index (χ3n) is 3.01. The van der Waals surface area contributed by atoms with E-state index in [1.54, 1.807) is 12.1 Å². The zero-order valence-electron chi connectivity index (χ0n) is 10.1. The molecule has 0 saturated heterocycles. The highest BCUT2D eigenvalue weighted by atomic mass is 35.5. The van der Waals surface area contributed by atoms with E-state index >= 15 is 0 Å². The molecule has 0 bridgehead atoms. The summed E-state index contributed by atoms with van der Waals surface area (Å²) in [6.45, 7) is -0.185. The third-order valence-corrected chi connectivity index (χ3v) is 3.25. The lowest BCUT2D eigenvalue weighted by Crippen LogP contribution is -2.09. The van der Waals surface area contributed by atoms with Crippen molar-refractivity contribution in [1.29, 1.82) is 0 Å². The molecule has 2 aromatic rings. The maximum Gasteiger partial charge on any atom is 0.126 e. The lowest BCUT2D eigenvalue weighted by atomic mass is 9.92. The van der Waals surface area contributed by atoms with Crippen molar-refractivity contribution in [2.45, 2.75) is 12.3 Å². The first-order chi connectivity index (χ1) is 9.10. The van der Waals surface area contributed by atoms with Crippen molar-refractivity contribution in [1.82, 2.24) is 0 Å². The number of aliphatic hydroxyl groups excluding tert-OH is 1. The second kappa shape index (κ2) is 6.13. The molecule has 1 unspecified atom stereocenters. The first kappa shape index (κ1) is 14.0. The van der Waals surface area contributed by atoms with Gasteiger partial charge in [-0.15, -0.1) is 0 Å². The van der Waals surface area contributed by atoms with Crippen LogP contribution in [0.4, 0.5) is 8.78 Å². The third kappa shape index (κ3) is 3.52. The average Bonchev–Trinajstić information content (AvgIpc) is 2.39. The van der Waals surface area contributed by atoms with E-state index in [9.17, 15) is 13.9 Å². The van der Waals surface area contributed by atoms with Crippen molar-refractivity contribution in [2.75, 3.05) is 6.61 Å². The van der Waals surface area contributed by atoms with E-state index < -0.39 is 0 Å². The van der Waals surface area contributed by atoms with Gasteiger partial charge in [-0.25, -0.2) is 8.78 Å². The molecule has 1 N–H and O–H groups in total. The molecular formula is C15H13ClF2O. The van der Waals surface area contributed by atoms with Gasteiger partial charge in [-0.1, -0.05) is 23.7 Å². The van der Waals surface area contributed by atoms with Gasteiger partial charge in [0.2, 0.25) is 0 Å². The molecule has 0 aliphatic carbocycles.